The molecule has 0 radical (unpaired) electrons. The van der Waals surface area contributed by atoms with Crippen LogP contribution in [-0.4, -0.2) is 67.3 Å². The topological polar surface area (TPSA) is 60.9 Å². The molecule has 1 fully saturated rings. The summed E-state index contributed by atoms with van der Waals surface area (Å²) in [6, 6.07) is -0.00666. The number of β-amino-alcohol motifs (C(OH)–C–C–N with tert-alkyl or cyclic N) is 1. The van der Waals surface area contributed by atoms with Crippen LogP contribution in [0.4, 0.5) is 0 Å². The zero-order valence-electron chi connectivity index (χ0n) is 10.3. The minimum Gasteiger partial charge on any atom is -0.392 e. The molecule has 16 heavy (non-hydrogen) atoms. The van der Waals surface area contributed by atoms with Crippen molar-refractivity contribution in [3.05, 3.63) is 0 Å². The van der Waals surface area contributed by atoms with Crippen molar-refractivity contribution in [2.24, 2.45) is 0 Å². The number of aliphatic hydroxyl groups excluding tert-OH is 1. The van der Waals surface area contributed by atoms with E-state index >= 15 is 0 Å². The number of piperazine rings is 1. The first-order valence-corrected chi connectivity index (χ1v) is 7.56. The molecule has 1 saturated heterocycles. The Morgan fingerprint density at radius 2 is 2.06 bits per heavy atom. The fourth-order valence-corrected chi connectivity index (χ4v) is 3.24. The van der Waals surface area contributed by atoms with Crippen molar-refractivity contribution in [1.29, 1.82) is 0 Å². The fraction of sp³-hybridized carbons (Fsp3) is 1.00. The molecule has 1 aliphatic rings. The van der Waals surface area contributed by atoms with Crippen LogP contribution in [0.5, 0.6) is 0 Å². The molecule has 1 N–H and O–H groups in total. The minimum atomic E-state index is -3.09. The van der Waals surface area contributed by atoms with Gasteiger partial charge < -0.3 is 5.11 Å². The summed E-state index contributed by atoms with van der Waals surface area (Å²) in [7, 11) is -3.09. The Morgan fingerprint density at radius 1 is 1.44 bits per heavy atom. The summed E-state index contributed by atoms with van der Waals surface area (Å²) >= 11 is 0. The summed E-state index contributed by atoms with van der Waals surface area (Å²) in [5, 5.41) is 9.55. The van der Waals surface area contributed by atoms with Gasteiger partial charge >= 0.3 is 0 Å². The highest BCUT2D eigenvalue weighted by Crippen LogP contribution is 2.13. The maximum absolute atomic E-state index is 11.4. The third kappa shape index (κ3) is 3.69. The van der Waals surface area contributed by atoms with Crippen molar-refractivity contribution in [3.8, 4) is 0 Å². The second-order valence-electron chi connectivity index (χ2n) is 4.54. The third-order valence-corrected chi connectivity index (χ3v) is 4.41. The van der Waals surface area contributed by atoms with E-state index in [0.29, 0.717) is 26.2 Å². The van der Waals surface area contributed by atoms with Crippen molar-refractivity contribution >= 4 is 10.0 Å². The molecule has 5 nitrogen and oxygen atoms in total. The van der Waals surface area contributed by atoms with Crippen molar-refractivity contribution in [2.75, 3.05) is 32.4 Å². The average Bonchev–Trinajstić information content (AvgIpc) is 2.15. The highest BCUT2D eigenvalue weighted by atomic mass is 32.2. The number of hydrogen-bond acceptors (Lipinski definition) is 4. The van der Waals surface area contributed by atoms with Crippen LogP contribution in [0.3, 0.4) is 0 Å². The first-order valence-electron chi connectivity index (χ1n) is 5.71. The van der Waals surface area contributed by atoms with E-state index in [-0.39, 0.29) is 12.1 Å². The third-order valence-electron chi connectivity index (χ3n) is 3.02. The molecule has 6 heteroatoms. The lowest BCUT2D eigenvalue weighted by Crippen LogP contribution is -2.54. The summed E-state index contributed by atoms with van der Waals surface area (Å²) in [6.07, 6.45) is 1.68. The van der Waals surface area contributed by atoms with Crippen LogP contribution < -0.4 is 0 Å². The Hall–Kier alpha value is -0.170. The summed E-state index contributed by atoms with van der Waals surface area (Å²) in [6.45, 7) is 6.42. The maximum atomic E-state index is 11.4. The van der Waals surface area contributed by atoms with Gasteiger partial charge in [0.15, 0.2) is 0 Å². The van der Waals surface area contributed by atoms with E-state index in [9.17, 15) is 13.5 Å². The number of aliphatic hydroxyl groups is 1. The molecular weight excluding hydrogens is 228 g/mol. The highest BCUT2D eigenvalue weighted by molar-refractivity contribution is 7.88. The van der Waals surface area contributed by atoms with Gasteiger partial charge in [-0.2, -0.15) is 4.31 Å². The molecule has 0 aromatic carbocycles. The predicted molar refractivity (Wildman–Crippen MR) is 63.7 cm³/mol. The molecule has 1 rings (SSSR count). The zero-order chi connectivity index (χ0) is 12.3. The number of nitrogens with zero attached hydrogens (tertiary/aromatic N) is 2. The second kappa shape index (κ2) is 5.44. The summed E-state index contributed by atoms with van der Waals surface area (Å²) in [5.41, 5.74) is 0. The quantitative estimate of drug-likeness (QED) is 0.746. The molecule has 0 bridgehead atoms. The van der Waals surface area contributed by atoms with Crippen LogP contribution in [0.2, 0.25) is 0 Å². The van der Waals surface area contributed by atoms with Gasteiger partial charge in [-0.3, -0.25) is 4.90 Å². The maximum Gasteiger partial charge on any atom is 0.211 e. The molecule has 1 aliphatic heterocycles. The number of rotatable bonds is 4. The number of hydrogen-bond donors (Lipinski definition) is 1. The van der Waals surface area contributed by atoms with Crippen molar-refractivity contribution in [3.63, 3.8) is 0 Å². The molecule has 0 unspecified atom stereocenters. The second-order valence-corrected chi connectivity index (χ2v) is 6.48. The van der Waals surface area contributed by atoms with E-state index in [0.717, 1.165) is 6.42 Å². The first kappa shape index (κ1) is 13.9. The van der Waals surface area contributed by atoms with Gasteiger partial charge in [-0.25, -0.2) is 8.42 Å². The first-order chi connectivity index (χ1) is 7.34. The van der Waals surface area contributed by atoms with Gasteiger partial charge in [0.25, 0.3) is 0 Å². The van der Waals surface area contributed by atoms with E-state index in [4.69, 9.17) is 0 Å². The monoisotopic (exact) mass is 250 g/mol. The molecule has 0 amide bonds. The molecule has 0 aromatic rings. The molecule has 0 spiro atoms. The molecule has 2 atom stereocenters. The minimum absolute atomic E-state index is 0.00666. The van der Waals surface area contributed by atoms with Crippen molar-refractivity contribution < 1.29 is 13.5 Å². The lowest BCUT2D eigenvalue weighted by molar-refractivity contribution is 0.0736. The Morgan fingerprint density at radius 3 is 2.50 bits per heavy atom. The van der Waals surface area contributed by atoms with Crippen LogP contribution in [0.25, 0.3) is 0 Å². The Balaban J connectivity index is 2.52. The van der Waals surface area contributed by atoms with Gasteiger partial charge in [0.05, 0.1) is 12.4 Å². The van der Waals surface area contributed by atoms with Gasteiger partial charge in [0.1, 0.15) is 0 Å². The zero-order valence-corrected chi connectivity index (χ0v) is 11.1. The summed E-state index contributed by atoms with van der Waals surface area (Å²) in [5.74, 6) is 0. The van der Waals surface area contributed by atoms with E-state index < -0.39 is 10.0 Å². The molecule has 96 valence electrons. The SMILES string of the molecule is CC[C@@H](O)CN1CCN(S(C)(=O)=O)[C@@H](C)C1. The lowest BCUT2D eigenvalue weighted by atomic mass is 10.2. The van der Waals surface area contributed by atoms with Crippen LogP contribution in [0.1, 0.15) is 20.3 Å². The number of sulfonamides is 1. The molecule has 0 aliphatic carbocycles. The van der Waals surface area contributed by atoms with Crippen molar-refractivity contribution in [2.45, 2.75) is 32.4 Å². The Kier molecular flexibility index (Phi) is 4.73. The van der Waals surface area contributed by atoms with Crippen LogP contribution in [0, 0.1) is 0 Å². The predicted octanol–water partition coefficient (Wildman–Crippen LogP) is -0.277. The van der Waals surface area contributed by atoms with Gasteiger partial charge in [-0.15, -0.1) is 0 Å². The van der Waals surface area contributed by atoms with Crippen LogP contribution >= 0.6 is 0 Å². The normalized spacial score (nSPS) is 26.9. The highest BCUT2D eigenvalue weighted by Gasteiger charge is 2.30. The van der Waals surface area contributed by atoms with Crippen LogP contribution in [-0.2, 0) is 10.0 Å². The molecule has 0 aromatic heterocycles. The Labute approximate surface area is 98.1 Å². The summed E-state index contributed by atoms with van der Waals surface area (Å²) in [4.78, 5) is 2.13. The van der Waals surface area contributed by atoms with Gasteiger partial charge in [0, 0.05) is 32.2 Å². The van der Waals surface area contributed by atoms with Gasteiger partial charge in [-0.05, 0) is 13.3 Å². The molecular formula is C10H22N2O3S. The standard InChI is InChI=1S/C10H22N2O3S/c1-4-10(13)8-11-5-6-12(9(2)7-11)16(3,14)15/h9-10,13H,4-8H2,1-3H3/t9-,10+/m0/s1. The molecule has 1 heterocycles. The fourth-order valence-electron chi connectivity index (χ4n) is 2.10. The summed E-state index contributed by atoms with van der Waals surface area (Å²) < 4.78 is 24.4. The molecule has 0 saturated carbocycles. The van der Waals surface area contributed by atoms with Gasteiger partial charge in [0.2, 0.25) is 10.0 Å². The van der Waals surface area contributed by atoms with Gasteiger partial charge in [-0.1, -0.05) is 6.92 Å². The van der Waals surface area contributed by atoms with E-state index in [1.807, 2.05) is 13.8 Å². The lowest BCUT2D eigenvalue weighted by Gasteiger charge is -2.38. The average molecular weight is 250 g/mol. The van der Waals surface area contributed by atoms with E-state index in [2.05, 4.69) is 4.90 Å². The van der Waals surface area contributed by atoms with E-state index in [1.165, 1.54) is 10.6 Å². The van der Waals surface area contributed by atoms with E-state index in [1.54, 1.807) is 0 Å². The largest absolute Gasteiger partial charge is 0.392 e. The van der Waals surface area contributed by atoms with Crippen LogP contribution in [0.15, 0.2) is 0 Å². The van der Waals surface area contributed by atoms with Crippen molar-refractivity contribution in [1.82, 2.24) is 9.21 Å². The Bertz CT molecular complexity index is 318. The smallest absolute Gasteiger partial charge is 0.211 e.